The lowest BCUT2D eigenvalue weighted by molar-refractivity contribution is -0.137. The van der Waals surface area contributed by atoms with Crippen LogP contribution in [0.1, 0.15) is 36.6 Å². The molecule has 0 aliphatic carbocycles. The van der Waals surface area contributed by atoms with E-state index < -0.39 is 17.7 Å². The molecule has 0 atom stereocenters. The number of amides is 2. The van der Waals surface area contributed by atoms with Crippen molar-refractivity contribution in [3.63, 3.8) is 0 Å². The average molecular weight is 498 g/mol. The van der Waals surface area contributed by atoms with Gasteiger partial charge in [0.1, 0.15) is 6.61 Å². The Labute approximate surface area is 204 Å². The van der Waals surface area contributed by atoms with Crippen LogP contribution < -0.4 is 5.32 Å². The van der Waals surface area contributed by atoms with Crippen LogP contribution >= 0.6 is 0 Å². The second-order valence-electron chi connectivity index (χ2n) is 7.80. The number of alkyl halides is 3. The van der Waals surface area contributed by atoms with Gasteiger partial charge in [-0.05, 0) is 42.5 Å². The molecule has 10 heteroatoms. The van der Waals surface area contributed by atoms with Crippen LogP contribution in [0.2, 0.25) is 0 Å². The number of esters is 1. The molecule has 0 saturated carbocycles. The second-order valence-corrected chi connectivity index (χ2v) is 7.80. The van der Waals surface area contributed by atoms with Gasteiger partial charge in [0.05, 0.1) is 47.7 Å². The van der Waals surface area contributed by atoms with Crippen molar-refractivity contribution in [2.24, 2.45) is 0 Å². The quantitative estimate of drug-likeness (QED) is 0.256. The number of carbonyl (C=O) groups is 3. The zero-order valence-electron chi connectivity index (χ0n) is 18.9. The number of hydrogen-bond acceptors (Lipinski definition) is 6. The zero-order valence-corrected chi connectivity index (χ0v) is 18.9. The lowest BCUT2D eigenvalue weighted by Gasteiger charge is -2.15. The number of hydrogen-bond donors (Lipinski definition) is 1. The molecule has 7 nitrogen and oxygen atoms in total. The van der Waals surface area contributed by atoms with Gasteiger partial charge in [-0.25, -0.2) is 4.79 Å². The van der Waals surface area contributed by atoms with Gasteiger partial charge in [-0.15, -0.1) is 0 Å². The summed E-state index contributed by atoms with van der Waals surface area (Å²) in [5.74, 6) is -1.44. The van der Waals surface area contributed by atoms with Gasteiger partial charge in [0.2, 0.25) is 0 Å². The Kier molecular flexibility index (Phi) is 7.35. The minimum Gasteiger partial charge on any atom is -0.460 e. The topological polar surface area (TPSA) is 84.9 Å². The van der Waals surface area contributed by atoms with E-state index in [9.17, 15) is 27.6 Å². The van der Waals surface area contributed by atoms with Crippen LogP contribution in [0.25, 0.3) is 0 Å². The van der Waals surface area contributed by atoms with Crippen molar-refractivity contribution in [2.45, 2.75) is 6.18 Å². The smallest absolute Gasteiger partial charge is 0.416 e. The SMILES string of the molecule is O=C(OCCOCCN1C(=O)c2ccccc2C1=O)c1ccccc1Nc1cccc(C(F)(F)F)c1. The summed E-state index contributed by atoms with van der Waals surface area (Å²) in [6.45, 7) is 0.0533. The van der Waals surface area contributed by atoms with Gasteiger partial charge in [0, 0.05) is 5.69 Å². The number of para-hydroxylation sites is 1. The van der Waals surface area contributed by atoms with E-state index in [2.05, 4.69) is 5.32 Å². The first kappa shape index (κ1) is 24.9. The van der Waals surface area contributed by atoms with E-state index in [-0.39, 0.29) is 55.1 Å². The first-order valence-corrected chi connectivity index (χ1v) is 11.0. The summed E-state index contributed by atoms with van der Waals surface area (Å²) in [7, 11) is 0. The number of nitrogens with one attached hydrogen (secondary N) is 1. The van der Waals surface area contributed by atoms with Crippen molar-refractivity contribution in [2.75, 3.05) is 31.7 Å². The highest BCUT2D eigenvalue weighted by Gasteiger charge is 2.34. The predicted molar refractivity (Wildman–Crippen MR) is 124 cm³/mol. The van der Waals surface area contributed by atoms with Gasteiger partial charge < -0.3 is 14.8 Å². The van der Waals surface area contributed by atoms with E-state index in [1.54, 1.807) is 42.5 Å². The summed E-state index contributed by atoms with van der Waals surface area (Å²) >= 11 is 0. The molecule has 0 saturated heterocycles. The molecule has 36 heavy (non-hydrogen) atoms. The van der Waals surface area contributed by atoms with E-state index >= 15 is 0 Å². The van der Waals surface area contributed by atoms with E-state index in [1.165, 1.54) is 18.2 Å². The lowest BCUT2D eigenvalue weighted by atomic mass is 10.1. The van der Waals surface area contributed by atoms with Gasteiger partial charge in [-0.2, -0.15) is 13.2 Å². The first-order valence-electron chi connectivity index (χ1n) is 11.0. The largest absolute Gasteiger partial charge is 0.460 e. The number of fused-ring (bicyclic) bond motifs is 1. The van der Waals surface area contributed by atoms with Crippen molar-refractivity contribution in [3.05, 3.63) is 95.1 Å². The number of ether oxygens (including phenoxy) is 2. The number of benzene rings is 3. The molecule has 3 aromatic carbocycles. The molecule has 4 rings (SSSR count). The molecule has 1 heterocycles. The molecule has 0 unspecified atom stereocenters. The maximum Gasteiger partial charge on any atom is 0.416 e. The second kappa shape index (κ2) is 10.6. The number of nitrogens with zero attached hydrogens (tertiary/aromatic N) is 1. The molecule has 1 aliphatic heterocycles. The summed E-state index contributed by atoms with van der Waals surface area (Å²) < 4.78 is 49.6. The summed E-state index contributed by atoms with van der Waals surface area (Å²) in [4.78, 5) is 38.3. The van der Waals surface area contributed by atoms with Crippen LogP contribution in [-0.2, 0) is 15.7 Å². The van der Waals surface area contributed by atoms with Gasteiger partial charge >= 0.3 is 12.1 Å². The molecule has 0 aromatic heterocycles. The van der Waals surface area contributed by atoms with Crippen LogP contribution in [-0.4, -0.2) is 49.0 Å². The zero-order chi connectivity index (χ0) is 25.7. The Balaban J connectivity index is 1.26. The minimum absolute atomic E-state index is 0.0259. The lowest BCUT2D eigenvalue weighted by Crippen LogP contribution is -2.33. The van der Waals surface area contributed by atoms with Crippen molar-refractivity contribution in [3.8, 4) is 0 Å². The van der Waals surface area contributed by atoms with Crippen LogP contribution in [0.4, 0.5) is 24.5 Å². The van der Waals surface area contributed by atoms with Gasteiger partial charge in [0.15, 0.2) is 0 Å². The molecular weight excluding hydrogens is 477 g/mol. The third-order valence-corrected chi connectivity index (χ3v) is 5.41. The normalized spacial score (nSPS) is 13.0. The highest BCUT2D eigenvalue weighted by Crippen LogP contribution is 2.32. The Bertz CT molecular complexity index is 1260. The molecule has 0 spiro atoms. The highest BCUT2D eigenvalue weighted by molar-refractivity contribution is 6.21. The molecule has 2 amide bonds. The minimum atomic E-state index is -4.49. The molecule has 0 radical (unpaired) electrons. The summed E-state index contributed by atoms with van der Waals surface area (Å²) in [6, 6.07) is 17.5. The fourth-order valence-corrected chi connectivity index (χ4v) is 3.67. The molecular formula is C26H21F3N2O5. The molecule has 1 aliphatic rings. The fourth-order valence-electron chi connectivity index (χ4n) is 3.67. The Morgan fingerprint density at radius 2 is 1.50 bits per heavy atom. The van der Waals surface area contributed by atoms with E-state index in [0.29, 0.717) is 11.1 Å². The van der Waals surface area contributed by atoms with E-state index in [1.807, 2.05) is 0 Å². The van der Waals surface area contributed by atoms with Crippen molar-refractivity contribution < 1.29 is 37.0 Å². The van der Waals surface area contributed by atoms with Crippen molar-refractivity contribution >= 4 is 29.2 Å². The average Bonchev–Trinajstić information content (AvgIpc) is 3.11. The van der Waals surface area contributed by atoms with E-state index in [0.717, 1.165) is 17.0 Å². The molecule has 186 valence electrons. The maximum absolute atomic E-state index is 13.0. The van der Waals surface area contributed by atoms with Gasteiger partial charge in [0.25, 0.3) is 11.8 Å². The van der Waals surface area contributed by atoms with Crippen LogP contribution in [0.15, 0.2) is 72.8 Å². The summed E-state index contributed by atoms with van der Waals surface area (Å²) in [6.07, 6.45) is -4.49. The molecule has 0 bridgehead atoms. The monoisotopic (exact) mass is 498 g/mol. The highest BCUT2D eigenvalue weighted by atomic mass is 19.4. The fraction of sp³-hybridized carbons (Fsp3) is 0.192. The number of imide groups is 1. The summed E-state index contributed by atoms with van der Waals surface area (Å²) in [5, 5.41) is 2.82. The summed E-state index contributed by atoms with van der Waals surface area (Å²) in [5.41, 5.74) is 0.490. The number of halogens is 3. The Morgan fingerprint density at radius 1 is 0.833 bits per heavy atom. The first-order chi connectivity index (χ1) is 17.3. The molecule has 1 N–H and O–H groups in total. The third kappa shape index (κ3) is 5.55. The van der Waals surface area contributed by atoms with E-state index in [4.69, 9.17) is 9.47 Å². The van der Waals surface area contributed by atoms with Crippen LogP contribution in [0.5, 0.6) is 0 Å². The van der Waals surface area contributed by atoms with Crippen molar-refractivity contribution in [1.82, 2.24) is 4.90 Å². The number of carbonyl (C=O) groups excluding carboxylic acids is 3. The molecule has 3 aromatic rings. The Hall–Kier alpha value is -4.18. The van der Waals surface area contributed by atoms with Gasteiger partial charge in [-0.1, -0.05) is 30.3 Å². The number of rotatable bonds is 9. The predicted octanol–water partition coefficient (Wildman–Crippen LogP) is 4.92. The van der Waals surface area contributed by atoms with Crippen LogP contribution in [0, 0.1) is 0 Å². The molecule has 0 fully saturated rings. The maximum atomic E-state index is 13.0. The number of anilines is 2. The Morgan fingerprint density at radius 3 is 2.19 bits per heavy atom. The third-order valence-electron chi connectivity index (χ3n) is 5.41. The van der Waals surface area contributed by atoms with Crippen molar-refractivity contribution in [1.29, 1.82) is 0 Å². The standard InChI is InChI=1S/C26H21F3N2O5/c27-26(28,29)17-6-5-7-18(16-17)30-22-11-4-3-10-21(22)25(34)36-15-14-35-13-12-31-23(32)19-8-1-2-9-20(19)24(31)33/h1-11,16,30H,12-15H2. The van der Waals surface area contributed by atoms with Crippen LogP contribution in [0.3, 0.4) is 0 Å². The van der Waals surface area contributed by atoms with Gasteiger partial charge in [-0.3, -0.25) is 14.5 Å².